The number of nitrogens with one attached hydrogen (secondary N) is 1. The van der Waals surface area contributed by atoms with Gasteiger partial charge in [0.1, 0.15) is 0 Å². The van der Waals surface area contributed by atoms with Crippen molar-refractivity contribution in [2.45, 2.75) is 26.3 Å². The van der Waals surface area contributed by atoms with Gasteiger partial charge in [0.25, 0.3) is 0 Å². The summed E-state index contributed by atoms with van der Waals surface area (Å²) < 4.78 is 0. The van der Waals surface area contributed by atoms with E-state index in [4.69, 9.17) is 5.11 Å². The van der Waals surface area contributed by atoms with Gasteiger partial charge in [0, 0.05) is 19.0 Å². The molecular formula is C15H18N2O4. The summed E-state index contributed by atoms with van der Waals surface area (Å²) in [5.74, 6) is -1.91. The van der Waals surface area contributed by atoms with E-state index in [-0.39, 0.29) is 35.5 Å². The van der Waals surface area contributed by atoms with Crippen molar-refractivity contribution in [2.75, 3.05) is 11.9 Å². The molecule has 1 aliphatic rings. The highest BCUT2D eigenvalue weighted by molar-refractivity contribution is 6.02. The summed E-state index contributed by atoms with van der Waals surface area (Å²) in [5, 5.41) is 11.7. The standard InChI is InChI=1S/C15H18N2O4/c1-9(2)17-8-10(7-13(17)18)14(19)16-12-6-4-3-5-11(12)15(20)21/h3-6,9-10H,7-8H2,1-2H3,(H,16,19)(H,20,21). The summed E-state index contributed by atoms with van der Waals surface area (Å²) in [6, 6.07) is 6.28. The van der Waals surface area contributed by atoms with Gasteiger partial charge in [-0.15, -0.1) is 0 Å². The number of hydrogen-bond donors (Lipinski definition) is 2. The first-order chi connectivity index (χ1) is 9.90. The van der Waals surface area contributed by atoms with E-state index < -0.39 is 11.9 Å². The molecule has 0 radical (unpaired) electrons. The summed E-state index contributed by atoms with van der Waals surface area (Å²) in [4.78, 5) is 36.8. The SMILES string of the molecule is CC(C)N1CC(C(=O)Nc2ccccc2C(=O)O)CC1=O. The number of hydrogen-bond acceptors (Lipinski definition) is 3. The third-order valence-corrected chi connectivity index (χ3v) is 3.57. The molecule has 21 heavy (non-hydrogen) atoms. The van der Waals surface area contributed by atoms with Gasteiger partial charge in [-0.05, 0) is 26.0 Å². The van der Waals surface area contributed by atoms with E-state index in [1.165, 1.54) is 6.07 Å². The fourth-order valence-electron chi connectivity index (χ4n) is 2.42. The van der Waals surface area contributed by atoms with Crippen molar-refractivity contribution in [3.05, 3.63) is 29.8 Å². The molecule has 2 amide bonds. The Kier molecular flexibility index (Phi) is 4.26. The van der Waals surface area contributed by atoms with Crippen molar-refractivity contribution in [3.63, 3.8) is 0 Å². The molecule has 0 aromatic heterocycles. The number of rotatable bonds is 4. The van der Waals surface area contributed by atoms with E-state index in [0.717, 1.165) is 0 Å². The maximum absolute atomic E-state index is 12.2. The fraction of sp³-hybridized carbons (Fsp3) is 0.400. The fourth-order valence-corrected chi connectivity index (χ4v) is 2.42. The Balaban J connectivity index is 2.10. The zero-order chi connectivity index (χ0) is 15.6. The van der Waals surface area contributed by atoms with Crippen LogP contribution in [-0.2, 0) is 9.59 Å². The smallest absolute Gasteiger partial charge is 0.337 e. The number of carbonyl (C=O) groups is 3. The lowest BCUT2D eigenvalue weighted by molar-refractivity contribution is -0.129. The van der Waals surface area contributed by atoms with Gasteiger partial charge in [-0.2, -0.15) is 0 Å². The summed E-state index contributed by atoms with van der Waals surface area (Å²) >= 11 is 0. The van der Waals surface area contributed by atoms with Crippen LogP contribution in [0.2, 0.25) is 0 Å². The minimum atomic E-state index is -1.10. The maximum Gasteiger partial charge on any atom is 0.337 e. The van der Waals surface area contributed by atoms with Crippen molar-refractivity contribution in [1.29, 1.82) is 0 Å². The Morgan fingerprint density at radius 1 is 1.33 bits per heavy atom. The molecule has 112 valence electrons. The first-order valence-electron chi connectivity index (χ1n) is 6.82. The average molecular weight is 290 g/mol. The second-order valence-electron chi connectivity index (χ2n) is 5.38. The number of anilines is 1. The number of carboxylic acids is 1. The van der Waals surface area contributed by atoms with Crippen LogP contribution in [0.25, 0.3) is 0 Å². The van der Waals surface area contributed by atoms with Gasteiger partial charge in [-0.25, -0.2) is 4.79 Å². The first-order valence-corrected chi connectivity index (χ1v) is 6.82. The minimum Gasteiger partial charge on any atom is -0.478 e. The van der Waals surface area contributed by atoms with Crippen LogP contribution in [0.3, 0.4) is 0 Å². The van der Waals surface area contributed by atoms with Crippen LogP contribution >= 0.6 is 0 Å². The van der Waals surface area contributed by atoms with E-state index in [2.05, 4.69) is 5.32 Å². The first kappa shape index (κ1) is 15.0. The molecule has 6 nitrogen and oxygen atoms in total. The Morgan fingerprint density at radius 2 is 2.00 bits per heavy atom. The van der Waals surface area contributed by atoms with Gasteiger partial charge in [0.15, 0.2) is 0 Å². The monoisotopic (exact) mass is 290 g/mol. The normalized spacial score (nSPS) is 18.1. The van der Waals surface area contributed by atoms with Crippen LogP contribution in [0, 0.1) is 5.92 Å². The van der Waals surface area contributed by atoms with Crippen molar-refractivity contribution >= 4 is 23.5 Å². The molecule has 1 heterocycles. The van der Waals surface area contributed by atoms with Gasteiger partial charge in [-0.1, -0.05) is 12.1 Å². The van der Waals surface area contributed by atoms with E-state index >= 15 is 0 Å². The molecule has 1 atom stereocenters. The molecule has 1 unspecified atom stereocenters. The highest BCUT2D eigenvalue weighted by atomic mass is 16.4. The summed E-state index contributed by atoms with van der Waals surface area (Å²) in [6.07, 6.45) is 0.166. The molecule has 0 spiro atoms. The van der Waals surface area contributed by atoms with Crippen LogP contribution in [-0.4, -0.2) is 40.4 Å². The number of nitrogens with zero attached hydrogens (tertiary/aromatic N) is 1. The highest BCUT2D eigenvalue weighted by Crippen LogP contribution is 2.23. The van der Waals surface area contributed by atoms with E-state index in [9.17, 15) is 14.4 Å². The van der Waals surface area contributed by atoms with Crippen LogP contribution in [0.5, 0.6) is 0 Å². The quantitative estimate of drug-likeness (QED) is 0.881. The molecule has 0 bridgehead atoms. The summed E-state index contributed by atoms with van der Waals surface area (Å²) in [7, 11) is 0. The van der Waals surface area contributed by atoms with Crippen LogP contribution in [0.4, 0.5) is 5.69 Å². The summed E-state index contributed by atoms with van der Waals surface area (Å²) in [6.45, 7) is 4.17. The lowest BCUT2D eigenvalue weighted by Gasteiger charge is -2.20. The summed E-state index contributed by atoms with van der Waals surface area (Å²) in [5.41, 5.74) is 0.293. The molecule has 1 fully saturated rings. The molecule has 2 N–H and O–H groups in total. The number of benzene rings is 1. The molecule has 0 saturated carbocycles. The predicted molar refractivity (Wildman–Crippen MR) is 77.0 cm³/mol. The molecule has 0 aliphatic carbocycles. The van der Waals surface area contributed by atoms with Gasteiger partial charge in [0.2, 0.25) is 11.8 Å². The zero-order valence-corrected chi connectivity index (χ0v) is 12.0. The van der Waals surface area contributed by atoms with Crippen molar-refractivity contribution in [2.24, 2.45) is 5.92 Å². The Morgan fingerprint density at radius 3 is 2.57 bits per heavy atom. The maximum atomic E-state index is 12.2. The molecule has 6 heteroatoms. The van der Waals surface area contributed by atoms with Crippen molar-refractivity contribution in [3.8, 4) is 0 Å². The number of para-hydroxylation sites is 1. The van der Waals surface area contributed by atoms with E-state index in [1.54, 1.807) is 23.1 Å². The largest absolute Gasteiger partial charge is 0.478 e. The lowest BCUT2D eigenvalue weighted by Crippen LogP contribution is -2.33. The van der Waals surface area contributed by atoms with Crippen LogP contribution in [0.1, 0.15) is 30.6 Å². The number of aromatic carboxylic acids is 1. The molecule has 1 aromatic rings. The number of carbonyl (C=O) groups excluding carboxylic acids is 2. The second kappa shape index (κ2) is 5.95. The zero-order valence-electron chi connectivity index (χ0n) is 12.0. The van der Waals surface area contributed by atoms with Crippen LogP contribution < -0.4 is 5.32 Å². The average Bonchev–Trinajstić information content (AvgIpc) is 2.81. The number of amides is 2. The minimum absolute atomic E-state index is 0.0379. The lowest BCUT2D eigenvalue weighted by atomic mass is 10.1. The third-order valence-electron chi connectivity index (χ3n) is 3.57. The molecular weight excluding hydrogens is 272 g/mol. The second-order valence-corrected chi connectivity index (χ2v) is 5.38. The van der Waals surface area contributed by atoms with E-state index in [0.29, 0.717) is 6.54 Å². The molecule has 1 aromatic carbocycles. The van der Waals surface area contributed by atoms with Crippen molar-refractivity contribution in [1.82, 2.24) is 4.90 Å². The van der Waals surface area contributed by atoms with E-state index in [1.807, 2.05) is 13.8 Å². The van der Waals surface area contributed by atoms with Crippen molar-refractivity contribution < 1.29 is 19.5 Å². The number of likely N-dealkylation sites (tertiary alicyclic amines) is 1. The molecule has 1 aliphatic heterocycles. The molecule has 1 saturated heterocycles. The number of carboxylic acid groups (broad SMARTS) is 1. The third kappa shape index (κ3) is 3.21. The molecule has 2 rings (SSSR count). The van der Waals surface area contributed by atoms with Gasteiger partial charge in [-0.3, -0.25) is 9.59 Å². The Hall–Kier alpha value is -2.37. The highest BCUT2D eigenvalue weighted by Gasteiger charge is 2.35. The topological polar surface area (TPSA) is 86.7 Å². The predicted octanol–water partition coefficient (Wildman–Crippen LogP) is 1.58. The Bertz CT molecular complexity index is 583. The van der Waals surface area contributed by atoms with Gasteiger partial charge >= 0.3 is 5.97 Å². The van der Waals surface area contributed by atoms with Gasteiger partial charge < -0.3 is 15.3 Å². The van der Waals surface area contributed by atoms with Gasteiger partial charge in [0.05, 0.1) is 17.2 Å². The Labute approximate surface area is 122 Å². The van der Waals surface area contributed by atoms with Crippen LogP contribution in [0.15, 0.2) is 24.3 Å².